The maximum Gasteiger partial charge on any atom is 0.104 e. The lowest BCUT2D eigenvalue weighted by atomic mass is 10.5. The molecule has 2 heteroatoms. The molecule has 0 radical (unpaired) electrons. The van der Waals surface area contributed by atoms with Gasteiger partial charge in [-0.15, -0.1) is 11.8 Å². The van der Waals surface area contributed by atoms with Crippen molar-refractivity contribution >= 4 is 19.0 Å². The number of hydrogen-bond acceptors (Lipinski definition) is 1. The average Bonchev–Trinajstić information content (AvgIpc) is 1.99. The minimum Gasteiger partial charge on any atom is -0.122 e. The third-order valence-electron chi connectivity index (χ3n) is 2.93. The first kappa shape index (κ1) is 12.8. The minimum atomic E-state index is -0.667. The molecule has 0 N–H and O–H groups in total. The van der Waals surface area contributed by atoms with Crippen molar-refractivity contribution in [1.29, 1.82) is 0 Å². The van der Waals surface area contributed by atoms with E-state index in [4.69, 9.17) is 0 Å². The number of hydrogen-bond donors (Lipinski definition) is 0. The van der Waals surface area contributed by atoms with Gasteiger partial charge in [-0.2, -0.15) is 0 Å². The molecule has 0 fully saturated rings. The molecule has 0 aromatic rings. The lowest BCUT2D eigenvalue weighted by Gasteiger charge is -2.30. The fourth-order valence-corrected chi connectivity index (χ4v) is 7.06. The second-order valence-corrected chi connectivity index (χ2v) is 10.9. The van der Waals surface area contributed by atoms with Crippen molar-refractivity contribution in [2.75, 3.05) is 17.9 Å². The first-order valence-electron chi connectivity index (χ1n) is 4.87. The highest BCUT2D eigenvalue weighted by molar-refractivity contribution is 8.07. The molecule has 0 heterocycles. The van der Waals surface area contributed by atoms with Crippen LogP contribution in [0, 0.1) is 0 Å². The van der Waals surface area contributed by atoms with Crippen LogP contribution in [0.3, 0.4) is 0 Å². The van der Waals surface area contributed by atoms with Gasteiger partial charge in [0, 0.05) is 7.26 Å². The van der Waals surface area contributed by atoms with Crippen LogP contribution >= 0.6 is 19.0 Å². The van der Waals surface area contributed by atoms with E-state index >= 15 is 0 Å². The molecular formula is C10H24PS+. The highest BCUT2D eigenvalue weighted by Gasteiger charge is 2.38. The van der Waals surface area contributed by atoms with Crippen LogP contribution in [0.2, 0.25) is 0 Å². The second kappa shape index (κ2) is 5.50. The predicted molar refractivity (Wildman–Crippen MR) is 66.1 cm³/mol. The molecule has 12 heavy (non-hydrogen) atoms. The van der Waals surface area contributed by atoms with E-state index < -0.39 is 7.26 Å². The van der Waals surface area contributed by atoms with E-state index in [-0.39, 0.29) is 0 Å². The zero-order valence-electron chi connectivity index (χ0n) is 9.42. The monoisotopic (exact) mass is 207 g/mol. The molecule has 0 atom stereocenters. The predicted octanol–water partition coefficient (Wildman–Crippen LogP) is 4.16. The fourth-order valence-electron chi connectivity index (χ4n) is 1.18. The van der Waals surface area contributed by atoms with E-state index in [9.17, 15) is 0 Å². The Labute approximate surface area is 83.2 Å². The SMILES string of the molecule is CCSC[P+](C)(C(C)C)C(C)C. The summed E-state index contributed by atoms with van der Waals surface area (Å²) in [5, 5.41) is 0. The van der Waals surface area contributed by atoms with E-state index in [2.05, 4.69) is 53.0 Å². The van der Waals surface area contributed by atoms with Gasteiger partial charge in [-0.25, -0.2) is 0 Å². The van der Waals surface area contributed by atoms with Gasteiger partial charge in [0.15, 0.2) is 0 Å². The fraction of sp³-hybridized carbons (Fsp3) is 1.00. The summed E-state index contributed by atoms with van der Waals surface area (Å²) in [7, 11) is -0.667. The molecule has 74 valence electrons. The lowest BCUT2D eigenvalue weighted by molar-refractivity contribution is 0.989. The maximum atomic E-state index is 2.53. The van der Waals surface area contributed by atoms with Crippen molar-refractivity contribution in [2.45, 2.75) is 45.9 Å². The van der Waals surface area contributed by atoms with Crippen LogP contribution in [0.15, 0.2) is 0 Å². The number of rotatable bonds is 5. The quantitative estimate of drug-likeness (QED) is 0.610. The molecule has 0 saturated carbocycles. The summed E-state index contributed by atoms with van der Waals surface area (Å²) in [5.41, 5.74) is 3.21. The molecule has 0 spiro atoms. The van der Waals surface area contributed by atoms with Gasteiger partial charge in [0.05, 0.1) is 18.0 Å². The Morgan fingerprint density at radius 2 is 1.50 bits per heavy atom. The Kier molecular flexibility index (Phi) is 5.85. The Hall–Kier alpha value is 0.780. The minimum absolute atomic E-state index is 0.667. The summed E-state index contributed by atoms with van der Waals surface area (Å²) in [6.45, 7) is 14.4. The van der Waals surface area contributed by atoms with Gasteiger partial charge in [-0.1, -0.05) is 6.92 Å². The van der Waals surface area contributed by atoms with Crippen LogP contribution in [-0.2, 0) is 0 Å². The normalized spacial score (nSPS) is 13.0. The van der Waals surface area contributed by atoms with Crippen LogP contribution in [0.1, 0.15) is 34.6 Å². The summed E-state index contributed by atoms with van der Waals surface area (Å²) < 4.78 is 0. The highest BCUT2D eigenvalue weighted by Crippen LogP contribution is 2.65. The van der Waals surface area contributed by atoms with Crippen LogP contribution < -0.4 is 0 Å². The van der Waals surface area contributed by atoms with E-state index in [1.807, 2.05) is 0 Å². The average molecular weight is 207 g/mol. The molecule has 0 aromatic heterocycles. The first-order chi connectivity index (χ1) is 5.45. The molecule has 0 aliphatic carbocycles. The zero-order valence-corrected chi connectivity index (χ0v) is 11.1. The van der Waals surface area contributed by atoms with Gasteiger partial charge in [0.2, 0.25) is 0 Å². The van der Waals surface area contributed by atoms with Crippen LogP contribution in [0.5, 0.6) is 0 Å². The summed E-state index contributed by atoms with van der Waals surface area (Å²) in [6, 6.07) is 0. The second-order valence-electron chi connectivity index (χ2n) is 4.16. The third-order valence-corrected chi connectivity index (χ3v) is 11.0. The summed E-state index contributed by atoms with van der Waals surface area (Å²) >= 11 is 2.12. The van der Waals surface area contributed by atoms with Crippen LogP contribution in [0.4, 0.5) is 0 Å². The van der Waals surface area contributed by atoms with E-state index in [0.29, 0.717) is 0 Å². The molecule has 0 rings (SSSR count). The van der Waals surface area contributed by atoms with Gasteiger partial charge in [0.1, 0.15) is 5.49 Å². The van der Waals surface area contributed by atoms with Gasteiger partial charge in [0.25, 0.3) is 0 Å². The smallest absolute Gasteiger partial charge is 0.104 e. The third kappa shape index (κ3) is 3.26. The Balaban J connectivity index is 4.19. The van der Waals surface area contributed by atoms with Gasteiger partial charge in [-0.3, -0.25) is 0 Å². The van der Waals surface area contributed by atoms with E-state index in [1.54, 1.807) is 0 Å². The summed E-state index contributed by atoms with van der Waals surface area (Å²) in [4.78, 5) is 0. The van der Waals surface area contributed by atoms with Crippen molar-refractivity contribution in [1.82, 2.24) is 0 Å². The molecule has 0 amide bonds. The molecular weight excluding hydrogens is 183 g/mol. The van der Waals surface area contributed by atoms with E-state index in [1.165, 1.54) is 11.2 Å². The first-order valence-corrected chi connectivity index (χ1v) is 8.59. The molecule has 0 saturated heterocycles. The molecule has 0 aliphatic rings. The van der Waals surface area contributed by atoms with Crippen molar-refractivity contribution in [3.05, 3.63) is 0 Å². The molecule has 0 aliphatic heterocycles. The largest absolute Gasteiger partial charge is 0.122 e. The van der Waals surface area contributed by atoms with Gasteiger partial charge in [-0.05, 0) is 33.4 Å². The highest BCUT2D eigenvalue weighted by atomic mass is 32.2. The van der Waals surface area contributed by atoms with Crippen molar-refractivity contribution in [2.24, 2.45) is 0 Å². The molecule has 0 unspecified atom stereocenters. The molecule has 0 bridgehead atoms. The Morgan fingerprint density at radius 1 is 1.08 bits per heavy atom. The lowest BCUT2D eigenvalue weighted by Crippen LogP contribution is -2.16. The van der Waals surface area contributed by atoms with Crippen LogP contribution in [-0.4, -0.2) is 29.2 Å². The molecule has 0 nitrogen and oxygen atoms in total. The number of thioether (sulfide) groups is 1. The Bertz CT molecular complexity index is 113. The van der Waals surface area contributed by atoms with E-state index in [0.717, 1.165) is 11.3 Å². The van der Waals surface area contributed by atoms with Crippen molar-refractivity contribution < 1.29 is 0 Å². The summed E-state index contributed by atoms with van der Waals surface area (Å²) in [5.74, 6) is 1.27. The molecule has 0 aromatic carbocycles. The van der Waals surface area contributed by atoms with Gasteiger partial charge >= 0.3 is 0 Å². The van der Waals surface area contributed by atoms with Crippen molar-refractivity contribution in [3.63, 3.8) is 0 Å². The topological polar surface area (TPSA) is 0 Å². The zero-order chi connectivity index (χ0) is 9.78. The Morgan fingerprint density at radius 3 is 1.75 bits per heavy atom. The van der Waals surface area contributed by atoms with Crippen molar-refractivity contribution in [3.8, 4) is 0 Å². The van der Waals surface area contributed by atoms with Crippen LogP contribution in [0.25, 0.3) is 0 Å². The van der Waals surface area contributed by atoms with Gasteiger partial charge < -0.3 is 0 Å². The standard InChI is InChI=1S/C10H24PS/c1-7-12-8-11(6,9(2)3)10(4)5/h9-10H,7-8H2,1-6H3/q+1. The maximum absolute atomic E-state index is 2.53. The summed E-state index contributed by atoms with van der Waals surface area (Å²) in [6.07, 6.45) is 0.